The summed E-state index contributed by atoms with van der Waals surface area (Å²) in [7, 11) is -1.66. The van der Waals surface area contributed by atoms with Crippen molar-refractivity contribution < 1.29 is 13.9 Å². The zero-order valence-corrected chi connectivity index (χ0v) is 18.0. The van der Waals surface area contributed by atoms with E-state index in [1.165, 1.54) is 23.7 Å². The number of aryl methyl sites for hydroxylation is 2. The largest absolute Gasteiger partial charge is 0.344 e. The van der Waals surface area contributed by atoms with E-state index in [1.807, 2.05) is 25.1 Å². The van der Waals surface area contributed by atoms with Crippen molar-refractivity contribution in [2.75, 3.05) is 12.4 Å². The molecular formula is C20H26N6O3S. The van der Waals surface area contributed by atoms with Crippen LogP contribution in [0.15, 0.2) is 30.6 Å². The highest BCUT2D eigenvalue weighted by Crippen LogP contribution is 2.59. The average Bonchev–Trinajstić information content (AvgIpc) is 2.84. The van der Waals surface area contributed by atoms with Crippen LogP contribution in [0.4, 0.5) is 5.69 Å². The second-order valence-electron chi connectivity index (χ2n) is 7.98. The van der Waals surface area contributed by atoms with Gasteiger partial charge in [-0.15, -0.1) is 10.8 Å². The van der Waals surface area contributed by atoms with Gasteiger partial charge in [0.15, 0.2) is 0 Å². The fraction of sp³-hybridized carbons (Fsp3) is 0.400. The van der Waals surface area contributed by atoms with Gasteiger partial charge in [0.05, 0.1) is 22.7 Å². The first-order valence-corrected chi connectivity index (χ1v) is 11.3. The summed E-state index contributed by atoms with van der Waals surface area (Å²) in [6.45, 7) is 3.70. The Hall–Kier alpha value is -2.69. The summed E-state index contributed by atoms with van der Waals surface area (Å²) < 4.78 is 23.0. The fourth-order valence-corrected chi connectivity index (χ4v) is 6.27. The third kappa shape index (κ3) is 3.30. The molecule has 1 fully saturated rings. The highest BCUT2D eigenvalue weighted by Gasteiger charge is 2.52. The molecule has 30 heavy (non-hydrogen) atoms. The Balaban J connectivity index is 1.71. The van der Waals surface area contributed by atoms with E-state index in [0.29, 0.717) is 12.1 Å². The smallest absolute Gasteiger partial charge is 0.275 e. The van der Waals surface area contributed by atoms with E-state index in [4.69, 9.17) is 5.41 Å². The monoisotopic (exact) mass is 430 g/mol. The van der Waals surface area contributed by atoms with Crippen LogP contribution in [0.3, 0.4) is 0 Å². The number of guanidine groups is 1. The molecule has 2 aromatic rings. The lowest BCUT2D eigenvalue weighted by Crippen LogP contribution is -2.63. The van der Waals surface area contributed by atoms with Crippen molar-refractivity contribution in [3.8, 4) is 0 Å². The van der Waals surface area contributed by atoms with Gasteiger partial charge in [-0.2, -0.15) is 0 Å². The van der Waals surface area contributed by atoms with Crippen LogP contribution >= 0.6 is 10.8 Å². The molecule has 1 amide bonds. The number of benzene rings is 1. The molecule has 2 heterocycles. The van der Waals surface area contributed by atoms with Gasteiger partial charge in [0.25, 0.3) is 5.91 Å². The Morgan fingerprint density at radius 2 is 2.13 bits per heavy atom. The van der Waals surface area contributed by atoms with Crippen LogP contribution in [0.5, 0.6) is 0 Å². The molecule has 5 N–H and O–H groups in total. The molecule has 0 spiro atoms. The molecule has 2 atom stereocenters. The maximum absolute atomic E-state index is 12.6. The van der Waals surface area contributed by atoms with Crippen molar-refractivity contribution >= 4 is 28.3 Å². The summed E-state index contributed by atoms with van der Waals surface area (Å²) in [5.74, 6) is -0.405. The van der Waals surface area contributed by atoms with Gasteiger partial charge in [-0.05, 0) is 56.4 Å². The van der Waals surface area contributed by atoms with Gasteiger partial charge in [0.2, 0.25) is 5.96 Å². The van der Waals surface area contributed by atoms with Crippen molar-refractivity contribution in [2.24, 2.45) is 0 Å². The molecule has 1 aliphatic carbocycles. The number of nitrogens with one attached hydrogen (secondary N) is 3. The lowest BCUT2D eigenvalue weighted by atomic mass is 9.85. The normalized spacial score (nSPS) is 26.0. The van der Waals surface area contributed by atoms with Gasteiger partial charge in [-0.25, -0.2) is 9.29 Å². The Kier molecular flexibility index (Phi) is 4.95. The molecule has 0 saturated carbocycles. The summed E-state index contributed by atoms with van der Waals surface area (Å²) >= 11 is 0. The number of carbonyl (C=O) groups is 1. The molecule has 1 saturated heterocycles. The second-order valence-corrected chi connectivity index (χ2v) is 10.2. The molecule has 0 radical (unpaired) electrons. The number of hydrogen-bond acceptors (Lipinski definition) is 6. The van der Waals surface area contributed by atoms with Gasteiger partial charge in [-0.3, -0.25) is 24.3 Å². The summed E-state index contributed by atoms with van der Waals surface area (Å²) in [6.07, 6.45) is 5.17. The van der Waals surface area contributed by atoms with Gasteiger partial charge < -0.3 is 10.6 Å². The Labute approximate surface area is 176 Å². The third-order valence-electron chi connectivity index (χ3n) is 5.97. The lowest BCUT2D eigenvalue weighted by molar-refractivity contribution is 0.102. The lowest BCUT2D eigenvalue weighted by Gasteiger charge is -2.58. The Bertz CT molecular complexity index is 1010. The van der Waals surface area contributed by atoms with Crippen LogP contribution in [0.25, 0.3) is 0 Å². The van der Waals surface area contributed by atoms with Crippen LogP contribution < -0.4 is 10.6 Å². The van der Waals surface area contributed by atoms with E-state index in [9.17, 15) is 13.9 Å². The maximum atomic E-state index is 12.6. The zero-order chi connectivity index (χ0) is 21.7. The van der Waals surface area contributed by atoms with Crippen molar-refractivity contribution in [3.63, 3.8) is 0 Å². The summed E-state index contributed by atoms with van der Waals surface area (Å²) in [6, 6.07) is 5.64. The summed E-state index contributed by atoms with van der Waals surface area (Å²) in [5, 5.41) is 13.8. The molecule has 4 rings (SSSR count). The minimum Gasteiger partial charge on any atom is -0.344 e. The first-order chi connectivity index (χ1) is 14.1. The standard InChI is InChI=1S/C20H26N6O3S/c1-12-10-23-16(11-22-12)18(27)24-14-8-7-13-5-4-6-17-20(2,15(13)9-14)25-19(21)26(3)30(17,28)29/h7-11,17,28-29H,4-6H2,1-3H3,(H2,21,25)(H,24,27)/t17-,20-/m1/s1. The van der Waals surface area contributed by atoms with Crippen molar-refractivity contribution in [2.45, 2.75) is 43.9 Å². The van der Waals surface area contributed by atoms with Crippen LogP contribution in [0, 0.1) is 12.3 Å². The van der Waals surface area contributed by atoms with Crippen LogP contribution in [-0.2, 0) is 12.0 Å². The zero-order valence-electron chi connectivity index (χ0n) is 17.1. The average molecular weight is 431 g/mol. The number of anilines is 1. The Morgan fingerprint density at radius 1 is 1.37 bits per heavy atom. The number of fused-ring (bicyclic) bond motifs is 3. The predicted octanol–water partition coefficient (Wildman–Crippen LogP) is 3.09. The maximum Gasteiger partial charge on any atom is 0.275 e. The number of nitrogens with zero attached hydrogens (tertiary/aromatic N) is 3. The van der Waals surface area contributed by atoms with Crippen LogP contribution in [-0.4, -0.2) is 47.5 Å². The minimum atomic E-state index is -3.18. The van der Waals surface area contributed by atoms with Gasteiger partial charge >= 0.3 is 0 Å². The molecule has 0 bridgehead atoms. The fourth-order valence-electron chi connectivity index (χ4n) is 4.27. The van der Waals surface area contributed by atoms with E-state index in [2.05, 4.69) is 20.6 Å². The first kappa shape index (κ1) is 20.6. The van der Waals surface area contributed by atoms with E-state index in [1.54, 1.807) is 6.92 Å². The number of carbonyl (C=O) groups excluding carboxylic acids is 1. The van der Waals surface area contributed by atoms with Crippen LogP contribution in [0.1, 0.15) is 47.1 Å². The molecule has 2 aliphatic rings. The van der Waals surface area contributed by atoms with Crippen molar-refractivity contribution in [3.05, 3.63) is 53.1 Å². The number of aromatic nitrogens is 2. The van der Waals surface area contributed by atoms with Gasteiger partial charge in [-0.1, -0.05) is 6.07 Å². The number of rotatable bonds is 2. The Morgan fingerprint density at radius 3 is 2.83 bits per heavy atom. The summed E-state index contributed by atoms with van der Waals surface area (Å²) in [4.78, 5) is 20.8. The van der Waals surface area contributed by atoms with Crippen LogP contribution in [0.2, 0.25) is 0 Å². The second kappa shape index (κ2) is 7.22. The predicted molar refractivity (Wildman–Crippen MR) is 117 cm³/mol. The van der Waals surface area contributed by atoms with Gasteiger partial charge in [0.1, 0.15) is 5.69 Å². The van der Waals surface area contributed by atoms with Crippen molar-refractivity contribution in [1.82, 2.24) is 19.6 Å². The summed E-state index contributed by atoms with van der Waals surface area (Å²) in [5.41, 5.74) is 2.59. The molecule has 0 unspecified atom stereocenters. The van der Waals surface area contributed by atoms with E-state index < -0.39 is 21.6 Å². The van der Waals surface area contributed by atoms with E-state index in [0.717, 1.165) is 29.7 Å². The number of amides is 1. The first-order valence-electron chi connectivity index (χ1n) is 9.74. The minimum absolute atomic E-state index is 0.0361. The quantitative estimate of drug-likeness (QED) is 0.494. The third-order valence-corrected chi connectivity index (χ3v) is 8.43. The molecule has 10 heteroatoms. The van der Waals surface area contributed by atoms with Gasteiger partial charge in [0, 0.05) is 18.9 Å². The molecule has 1 aromatic heterocycles. The highest BCUT2D eigenvalue weighted by molar-refractivity contribution is 8.23. The molecule has 1 aliphatic heterocycles. The molecule has 160 valence electrons. The molecule has 1 aromatic carbocycles. The van der Waals surface area contributed by atoms with E-state index >= 15 is 0 Å². The molecular weight excluding hydrogens is 404 g/mol. The SMILES string of the molecule is Cc1cnc(C(=O)Nc2ccc3c(c2)[C@@]2(C)NC(=N)N(C)S(O)(O)[C@@H]2CCC3)cn1. The molecule has 9 nitrogen and oxygen atoms in total. The van der Waals surface area contributed by atoms with E-state index in [-0.39, 0.29) is 17.6 Å². The highest BCUT2D eigenvalue weighted by atomic mass is 32.3. The number of hydrogen-bond donors (Lipinski definition) is 5. The topological polar surface area (TPSA) is 134 Å². The van der Waals surface area contributed by atoms with Crippen molar-refractivity contribution in [1.29, 1.82) is 5.41 Å².